The van der Waals surface area contributed by atoms with Gasteiger partial charge in [0.25, 0.3) is 5.56 Å². The second-order valence-electron chi connectivity index (χ2n) is 5.96. The number of hydrogen-bond acceptors (Lipinski definition) is 3. The summed E-state index contributed by atoms with van der Waals surface area (Å²) in [6.07, 6.45) is 1.75. The molecule has 0 spiro atoms. The summed E-state index contributed by atoms with van der Waals surface area (Å²) in [6, 6.07) is 9.47. The third-order valence-corrected chi connectivity index (χ3v) is 4.18. The van der Waals surface area contributed by atoms with Crippen molar-refractivity contribution in [1.82, 2.24) is 14.1 Å². The normalized spacial score (nSPS) is 11.0. The van der Waals surface area contributed by atoms with Gasteiger partial charge in [-0.3, -0.25) is 13.9 Å². The van der Waals surface area contributed by atoms with E-state index < -0.39 is 0 Å². The Morgan fingerprint density at radius 2 is 1.83 bits per heavy atom. The predicted octanol–water partition coefficient (Wildman–Crippen LogP) is 2.40. The molecular weight excluding hydrogens is 302 g/mol. The van der Waals surface area contributed by atoms with Crippen molar-refractivity contribution in [2.45, 2.75) is 20.4 Å². The van der Waals surface area contributed by atoms with E-state index in [0.717, 1.165) is 22.4 Å². The first-order valence-corrected chi connectivity index (χ1v) is 7.71. The van der Waals surface area contributed by atoms with Gasteiger partial charge in [-0.1, -0.05) is 36.9 Å². The van der Waals surface area contributed by atoms with Crippen LogP contribution in [0.25, 0.3) is 17.1 Å². The average Bonchev–Trinajstić information content (AvgIpc) is 2.56. The monoisotopic (exact) mass is 321 g/mol. The Morgan fingerprint density at radius 1 is 1.17 bits per heavy atom. The molecule has 0 saturated heterocycles. The molecule has 3 rings (SSSR count). The molecule has 24 heavy (non-hydrogen) atoms. The van der Waals surface area contributed by atoms with Gasteiger partial charge in [0.05, 0.1) is 11.9 Å². The van der Waals surface area contributed by atoms with Crippen molar-refractivity contribution in [3.8, 4) is 0 Å². The lowest BCUT2D eigenvalue weighted by Crippen LogP contribution is -2.40. The van der Waals surface area contributed by atoms with Gasteiger partial charge < -0.3 is 0 Å². The van der Waals surface area contributed by atoms with E-state index in [1.54, 1.807) is 13.1 Å². The minimum atomic E-state index is -0.363. The SMILES string of the molecule is C=Cc1ccc(Cn2c(=O)c3c(C)cc(C)nc3n(C)c2=O)cc1. The van der Waals surface area contributed by atoms with E-state index in [4.69, 9.17) is 0 Å². The molecule has 0 aliphatic heterocycles. The molecule has 0 saturated carbocycles. The molecule has 0 amide bonds. The molecule has 5 nitrogen and oxygen atoms in total. The molecule has 0 atom stereocenters. The summed E-state index contributed by atoms with van der Waals surface area (Å²) in [5.41, 5.74) is 3.26. The number of aromatic nitrogens is 3. The lowest BCUT2D eigenvalue weighted by Gasteiger charge is -2.12. The van der Waals surface area contributed by atoms with Crippen LogP contribution in [0.2, 0.25) is 0 Å². The minimum Gasteiger partial charge on any atom is -0.280 e. The molecule has 2 aromatic heterocycles. The van der Waals surface area contributed by atoms with Crippen LogP contribution in [0.1, 0.15) is 22.4 Å². The van der Waals surface area contributed by atoms with Crippen molar-refractivity contribution in [2.75, 3.05) is 0 Å². The van der Waals surface area contributed by atoms with Crippen LogP contribution in [-0.4, -0.2) is 14.1 Å². The van der Waals surface area contributed by atoms with Crippen LogP contribution in [0.3, 0.4) is 0 Å². The molecule has 0 bridgehead atoms. The first kappa shape index (κ1) is 15.9. The standard InChI is InChI=1S/C19H19N3O2/c1-5-14-6-8-15(9-7-14)11-22-18(23)16-12(2)10-13(3)20-17(16)21(4)19(22)24/h5-10H,1,11H2,2-4H3. The number of hydrogen-bond donors (Lipinski definition) is 0. The number of benzene rings is 1. The predicted molar refractivity (Wildman–Crippen MR) is 96.4 cm³/mol. The van der Waals surface area contributed by atoms with E-state index >= 15 is 0 Å². The third kappa shape index (κ3) is 2.58. The molecule has 122 valence electrons. The molecule has 3 aromatic rings. The van der Waals surface area contributed by atoms with Crippen molar-refractivity contribution in [2.24, 2.45) is 7.05 Å². The van der Waals surface area contributed by atoms with Crippen LogP contribution in [0.15, 0.2) is 46.5 Å². The Kier molecular flexibility index (Phi) is 3.93. The van der Waals surface area contributed by atoms with Crippen molar-refractivity contribution >= 4 is 17.1 Å². The quantitative estimate of drug-likeness (QED) is 0.744. The molecule has 0 N–H and O–H groups in total. The van der Waals surface area contributed by atoms with Crippen LogP contribution in [0.4, 0.5) is 0 Å². The maximum Gasteiger partial charge on any atom is 0.332 e. The summed E-state index contributed by atoms with van der Waals surface area (Å²) in [4.78, 5) is 29.8. The van der Waals surface area contributed by atoms with Gasteiger partial charge in [-0.15, -0.1) is 0 Å². The van der Waals surface area contributed by atoms with Crippen LogP contribution in [0.5, 0.6) is 0 Å². The van der Waals surface area contributed by atoms with Gasteiger partial charge in [-0.05, 0) is 36.6 Å². The first-order chi connectivity index (χ1) is 11.4. The average molecular weight is 321 g/mol. The van der Waals surface area contributed by atoms with Crippen LogP contribution >= 0.6 is 0 Å². The third-order valence-electron chi connectivity index (χ3n) is 4.18. The van der Waals surface area contributed by atoms with E-state index in [1.165, 1.54) is 9.13 Å². The molecule has 0 fully saturated rings. The highest BCUT2D eigenvalue weighted by Gasteiger charge is 2.14. The van der Waals surface area contributed by atoms with Gasteiger partial charge in [0, 0.05) is 12.7 Å². The summed E-state index contributed by atoms with van der Waals surface area (Å²) < 4.78 is 2.70. The maximum absolute atomic E-state index is 12.9. The van der Waals surface area contributed by atoms with Gasteiger partial charge in [0.15, 0.2) is 0 Å². The molecule has 0 aliphatic rings. The summed E-state index contributed by atoms with van der Waals surface area (Å²) in [5.74, 6) is 0. The Labute approximate surface area is 139 Å². The lowest BCUT2D eigenvalue weighted by molar-refractivity contribution is 0.656. The molecule has 2 heterocycles. The van der Waals surface area contributed by atoms with Crippen molar-refractivity contribution in [3.05, 3.63) is 80.1 Å². The summed E-state index contributed by atoms with van der Waals surface area (Å²) in [5, 5.41) is 0.491. The topological polar surface area (TPSA) is 56.9 Å². The highest BCUT2D eigenvalue weighted by molar-refractivity contribution is 5.78. The summed E-state index contributed by atoms with van der Waals surface area (Å²) in [6.45, 7) is 7.67. The number of fused-ring (bicyclic) bond motifs is 1. The Balaban J connectivity index is 2.23. The molecule has 0 unspecified atom stereocenters. The van der Waals surface area contributed by atoms with Crippen LogP contribution in [-0.2, 0) is 13.6 Å². The minimum absolute atomic E-state index is 0.228. The Morgan fingerprint density at radius 3 is 2.46 bits per heavy atom. The fourth-order valence-corrected chi connectivity index (χ4v) is 2.90. The van der Waals surface area contributed by atoms with Gasteiger partial charge in [0.2, 0.25) is 0 Å². The fourth-order valence-electron chi connectivity index (χ4n) is 2.90. The second kappa shape index (κ2) is 5.92. The summed E-state index contributed by atoms with van der Waals surface area (Å²) in [7, 11) is 1.65. The zero-order valence-corrected chi connectivity index (χ0v) is 14.0. The van der Waals surface area contributed by atoms with Gasteiger partial charge in [-0.25, -0.2) is 9.78 Å². The van der Waals surface area contributed by atoms with Crippen molar-refractivity contribution in [3.63, 3.8) is 0 Å². The van der Waals surface area contributed by atoms with E-state index in [9.17, 15) is 9.59 Å². The van der Waals surface area contributed by atoms with Crippen LogP contribution in [0, 0.1) is 13.8 Å². The van der Waals surface area contributed by atoms with Gasteiger partial charge in [-0.2, -0.15) is 0 Å². The van der Waals surface area contributed by atoms with Crippen LogP contribution < -0.4 is 11.2 Å². The van der Waals surface area contributed by atoms with Crippen molar-refractivity contribution in [1.29, 1.82) is 0 Å². The highest BCUT2D eigenvalue weighted by Crippen LogP contribution is 2.12. The van der Waals surface area contributed by atoms with E-state index in [-0.39, 0.29) is 17.8 Å². The Hall–Kier alpha value is -2.95. The maximum atomic E-state index is 12.9. The molecule has 0 aliphatic carbocycles. The fraction of sp³-hybridized carbons (Fsp3) is 0.211. The van der Waals surface area contributed by atoms with E-state index in [0.29, 0.717) is 11.0 Å². The number of nitrogens with zero attached hydrogens (tertiary/aromatic N) is 3. The van der Waals surface area contributed by atoms with E-state index in [2.05, 4.69) is 11.6 Å². The van der Waals surface area contributed by atoms with E-state index in [1.807, 2.05) is 44.2 Å². The molecule has 1 aromatic carbocycles. The molecule has 0 radical (unpaired) electrons. The number of rotatable bonds is 3. The highest BCUT2D eigenvalue weighted by atomic mass is 16.2. The first-order valence-electron chi connectivity index (χ1n) is 7.71. The zero-order valence-electron chi connectivity index (χ0n) is 14.0. The van der Waals surface area contributed by atoms with Gasteiger partial charge >= 0.3 is 5.69 Å². The zero-order chi connectivity index (χ0) is 17.4. The van der Waals surface area contributed by atoms with Gasteiger partial charge in [0.1, 0.15) is 5.65 Å². The lowest BCUT2D eigenvalue weighted by atomic mass is 10.1. The largest absolute Gasteiger partial charge is 0.332 e. The molecular formula is C19H19N3O2. The smallest absolute Gasteiger partial charge is 0.280 e. The summed E-state index contributed by atoms with van der Waals surface area (Å²) >= 11 is 0. The Bertz CT molecular complexity index is 1060. The van der Waals surface area contributed by atoms with Crippen molar-refractivity contribution < 1.29 is 0 Å². The second-order valence-corrected chi connectivity index (χ2v) is 5.96. The number of pyridine rings is 1. The molecule has 5 heteroatoms. The number of aryl methyl sites for hydroxylation is 3.